The highest BCUT2D eigenvalue weighted by Gasteiger charge is 2.47. The van der Waals surface area contributed by atoms with Crippen LogP contribution < -0.4 is 10.3 Å². The van der Waals surface area contributed by atoms with Gasteiger partial charge in [-0.3, -0.25) is 4.79 Å². The summed E-state index contributed by atoms with van der Waals surface area (Å²) in [5.41, 5.74) is 1.52. The number of ether oxygens (including phenoxy) is 2. The number of halogens is 1. The van der Waals surface area contributed by atoms with Crippen molar-refractivity contribution in [2.24, 2.45) is 0 Å². The van der Waals surface area contributed by atoms with Gasteiger partial charge in [-0.1, -0.05) is 0 Å². The number of fused-ring (bicyclic) bond motifs is 1. The Bertz CT molecular complexity index is 997. The van der Waals surface area contributed by atoms with E-state index in [9.17, 15) is 9.59 Å². The van der Waals surface area contributed by atoms with E-state index in [1.807, 2.05) is 0 Å². The Morgan fingerprint density at radius 2 is 2.07 bits per heavy atom. The van der Waals surface area contributed by atoms with E-state index in [0.29, 0.717) is 11.2 Å². The van der Waals surface area contributed by atoms with Gasteiger partial charge in [0.1, 0.15) is 11.4 Å². The number of hydrogen-bond donors (Lipinski definition) is 1. The molecule has 1 aliphatic carbocycles. The first kappa shape index (κ1) is 16.7. The number of anilines is 1. The highest BCUT2D eigenvalue weighted by Crippen LogP contribution is 2.49. The molecule has 1 aromatic carbocycles. The smallest absolute Gasteiger partial charge is 0.343 e. The highest BCUT2D eigenvalue weighted by atomic mass is 19.1. The van der Waals surface area contributed by atoms with E-state index >= 15 is 4.39 Å². The molecule has 1 saturated carbocycles. The molecular formula is C20H21FN2O4. The predicted molar refractivity (Wildman–Crippen MR) is 98.0 cm³/mol. The number of hydrogen-bond acceptors (Lipinski definition) is 5. The van der Waals surface area contributed by atoms with Gasteiger partial charge in [0, 0.05) is 30.2 Å². The van der Waals surface area contributed by atoms with Crippen LogP contribution in [0.25, 0.3) is 10.9 Å². The number of nitrogens with one attached hydrogen (secondary N) is 1. The van der Waals surface area contributed by atoms with Crippen LogP contribution in [0.3, 0.4) is 0 Å². The van der Waals surface area contributed by atoms with E-state index in [1.165, 1.54) is 19.4 Å². The van der Waals surface area contributed by atoms with E-state index in [2.05, 4.69) is 14.6 Å². The molecule has 1 spiro atoms. The lowest BCUT2D eigenvalue weighted by Crippen LogP contribution is -2.38. The standard InChI is InChI=1S/C20H21FN2O4/c1-26-19(25)13-9-22-16-12(18(13)24)8-14(21)17(15(16)11-2-3-11)23-6-4-20(5-7-23)10-27-20/h8-9,11H,2-7,10H2,1H3,(H,22,24). The fourth-order valence-electron chi connectivity index (χ4n) is 4.23. The first-order valence-corrected chi connectivity index (χ1v) is 9.38. The molecule has 7 heteroatoms. The van der Waals surface area contributed by atoms with Crippen LogP contribution in [-0.4, -0.2) is 43.4 Å². The fraction of sp³-hybridized carbons (Fsp3) is 0.500. The molecule has 1 N–H and O–H groups in total. The number of aromatic amines is 1. The molecular weight excluding hydrogens is 351 g/mol. The van der Waals surface area contributed by atoms with Gasteiger partial charge >= 0.3 is 5.97 Å². The van der Waals surface area contributed by atoms with E-state index in [-0.39, 0.29) is 22.5 Å². The number of carbonyl (C=O) groups is 1. The van der Waals surface area contributed by atoms with Crippen LogP contribution in [0.5, 0.6) is 0 Å². The van der Waals surface area contributed by atoms with Crippen molar-refractivity contribution in [3.63, 3.8) is 0 Å². The zero-order valence-corrected chi connectivity index (χ0v) is 15.1. The second-order valence-corrected chi connectivity index (χ2v) is 7.80. The zero-order chi connectivity index (χ0) is 18.8. The minimum atomic E-state index is -0.721. The van der Waals surface area contributed by atoms with Crippen LogP contribution in [0.2, 0.25) is 0 Å². The zero-order valence-electron chi connectivity index (χ0n) is 15.1. The first-order chi connectivity index (χ1) is 13.0. The summed E-state index contributed by atoms with van der Waals surface area (Å²) in [4.78, 5) is 29.7. The van der Waals surface area contributed by atoms with Gasteiger partial charge in [0.25, 0.3) is 0 Å². The summed E-state index contributed by atoms with van der Waals surface area (Å²) in [5.74, 6) is -0.878. The maximum Gasteiger partial charge on any atom is 0.343 e. The lowest BCUT2D eigenvalue weighted by atomic mass is 9.94. The van der Waals surface area contributed by atoms with Crippen LogP contribution in [0.1, 0.15) is 47.5 Å². The molecule has 27 heavy (non-hydrogen) atoms. The van der Waals surface area contributed by atoms with Gasteiger partial charge < -0.3 is 19.4 Å². The number of carbonyl (C=O) groups excluding carboxylic acids is 1. The molecule has 0 atom stereocenters. The molecule has 3 aliphatic rings. The summed E-state index contributed by atoms with van der Waals surface area (Å²) in [5, 5.41) is 0.208. The lowest BCUT2D eigenvalue weighted by Gasteiger charge is -2.34. The minimum Gasteiger partial charge on any atom is -0.465 e. The Balaban J connectivity index is 1.65. The average Bonchev–Trinajstić information content (AvgIpc) is 3.59. The topological polar surface area (TPSA) is 74.9 Å². The molecule has 1 aromatic heterocycles. The number of epoxide rings is 1. The number of esters is 1. The third-order valence-corrected chi connectivity index (χ3v) is 6.08. The second-order valence-electron chi connectivity index (χ2n) is 7.80. The fourth-order valence-corrected chi connectivity index (χ4v) is 4.23. The average molecular weight is 372 g/mol. The number of pyridine rings is 1. The summed E-state index contributed by atoms with van der Waals surface area (Å²) in [6, 6.07) is 1.26. The largest absolute Gasteiger partial charge is 0.465 e. The normalized spacial score (nSPS) is 20.9. The number of benzene rings is 1. The second kappa shape index (κ2) is 5.79. The summed E-state index contributed by atoms with van der Waals surface area (Å²) in [6.45, 7) is 2.29. The number of H-pyrrole nitrogens is 1. The van der Waals surface area contributed by atoms with Crippen molar-refractivity contribution in [1.29, 1.82) is 0 Å². The van der Waals surface area contributed by atoms with Crippen molar-refractivity contribution < 1.29 is 18.7 Å². The maximum atomic E-state index is 15.2. The Labute approximate surface area is 155 Å². The highest BCUT2D eigenvalue weighted by molar-refractivity contribution is 5.96. The van der Waals surface area contributed by atoms with Gasteiger partial charge in [-0.05, 0) is 37.7 Å². The maximum absolute atomic E-state index is 15.2. The quantitative estimate of drug-likeness (QED) is 0.662. The minimum absolute atomic E-state index is 0.0211. The Kier molecular flexibility index (Phi) is 3.59. The van der Waals surface area contributed by atoms with E-state index < -0.39 is 17.2 Å². The number of rotatable bonds is 3. The molecule has 0 bridgehead atoms. The van der Waals surface area contributed by atoms with Gasteiger partial charge in [0.2, 0.25) is 5.43 Å². The van der Waals surface area contributed by atoms with Crippen molar-refractivity contribution in [2.45, 2.75) is 37.2 Å². The van der Waals surface area contributed by atoms with Crippen molar-refractivity contribution in [1.82, 2.24) is 4.98 Å². The van der Waals surface area contributed by atoms with E-state index in [0.717, 1.165) is 50.9 Å². The Morgan fingerprint density at radius 3 is 2.67 bits per heavy atom. The summed E-state index contributed by atoms with van der Waals surface area (Å²) in [7, 11) is 1.22. The predicted octanol–water partition coefficient (Wildman–Crippen LogP) is 2.70. The molecule has 2 saturated heterocycles. The lowest BCUT2D eigenvalue weighted by molar-refractivity contribution is 0.0599. The summed E-state index contributed by atoms with van der Waals surface area (Å²) >= 11 is 0. The summed E-state index contributed by atoms with van der Waals surface area (Å²) < 4.78 is 25.4. The SMILES string of the molecule is COC(=O)c1c[nH]c2c(C3CC3)c(N3CCC4(CC3)CO4)c(F)cc2c1=O. The molecule has 0 unspecified atom stereocenters. The van der Waals surface area contributed by atoms with Crippen LogP contribution in [-0.2, 0) is 9.47 Å². The number of nitrogens with zero attached hydrogens (tertiary/aromatic N) is 1. The van der Waals surface area contributed by atoms with Gasteiger partial charge in [-0.25, -0.2) is 9.18 Å². The van der Waals surface area contributed by atoms with Crippen LogP contribution in [0.15, 0.2) is 17.1 Å². The molecule has 2 aliphatic heterocycles. The molecule has 2 aromatic rings. The van der Waals surface area contributed by atoms with E-state index in [4.69, 9.17) is 4.74 Å². The molecule has 6 nitrogen and oxygen atoms in total. The van der Waals surface area contributed by atoms with Crippen molar-refractivity contribution >= 4 is 22.6 Å². The molecule has 0 radical (unpaired) electrons. The van der Waals surface area contributed by atoms with Crippen LogP contribution in [0.4, 0.5) is 10.1 Å². The van der Waals surface area contributed by atoms with Gasteiger partial charge in [-0.2, -0.15) is 0 Å². The van der Waals surface area contributed by atoms with Crippen molar-refractivity contribution in [3.8, 4) is 0 Å². The molecule has 3 heterocycles. The number of piperidine rings is 1. The molecule has 3 fully saturated rings. The van der Waals surface area contributed by atoms with Gasteiger partial charge in [0.15, 0.2) is 0 Å². The molecule has 5 rings (SSSR count). The van der Waals surface area contributed by atoms with Gasteiger partial charge in [-0.15, -0.1) is 0 Å². The third-order valence-electron chi connectivity index (χ3n) is 6.08. The third kappa shape index (κ3) is 2.64. The Hall–Kier alpha value is -2.41. The molecule has 142 valence electrons. The monoisotopic (exact) mass is 372 g/mol. The summed E-state index contributed by atoms with van der Waals surface area (Å²) in [6.07, 6.45) is 5.13. The number of aromatic nitrogens is 1. The first-order valence-electron chi connectivity index (χ1n) is 9.38. The van der Waals surface area contributed by atoms with E-state index in [1.54, 1.807) is 0 Å². The van der Waals surface area contributed by atoms with Crippen LogP contribution >= 0.6 is 0 Å². The Morgan fingerprint density at radius 1 is 1.37 bits per heavy atom. The number of methoxy groups -OCH3 is 1. The van der Waals surface area contributed by atoms with Gasteiger partial charge in [0.05, 0.1) is 30.5 Å². The van der Waals surface area contributed by atoms with Crippen LogP contribution in [0, 0.1) is 5.82 Å². The van der Waals surface area contributed by atoms with Crippen molar-refractivity contribution in [3.05, 3.63) is 39.4 Å². The van der Waals surface area contributed by atoms with Crippen molar-refractivity contribution in [2.75, 3.05) is 31.7 Å². The molecule has 0 amide bonds.